The third kappa shape index (κ3) is 3.65. The molecule has 0 aliphatic heterocycles. The van der Waals surface area contributed by atoms with Crippen LogP contribution in [0, 0.1) is 6.92 Å². The van der Waals surface area contributed by atoms with Crippen LogP contribution in [-0.2, 0) is 4.74 Å². The second-order valence-electron chi connectivity index (χ2n) is 5.72. The number of nitrogens with one attached hydrogen (secondary N) is 1. The first-order chi connectivity index (χ1) is 11.9. The molecule has 1 atom stereocenters. The number of carbonyl (C=O) groups excluding carboxylic acids is 2. The van der Waals surface area contributed by atoms with Gasteiger partial charge in [-0.05, 0) is 39.0 Å². The molecule has 1 N–H and O–H groups in total. The van der Waals surface area contributed by atoms with E-state index in [-0.39, 0.29) is 17.4 Å². The number of ether oxygens (including phenoxy) is 1. The van der Waals surface area contributed by atoms with Crippen LogP contribution in [0.3, 0.4) is 0 Å². The standard InChI is InChI=1S/C18H17N3O4/c1-10-5-4-6-13(7-10)17-21-20-16(25-17)12(3)24-18(23)15-8-14(9-19-15)11(2)22/h4-9,12,19H,1-3H3/t12-/m1/s1. The number of H-pyrrole nitrogens is 1. The van der Waals surface area contributed by atoms with E-state index >= 15 is 0 Å². The zero-order valence-electron chi connectivity index (χ0n) is 14.1. The Morgan fingerprint density at radius 1 is 1.24 bits per heavy atom. The molecule has 0 radical (unpaired) electrons. The van der Waals surface area contributed by atoms with E-state index in [1.54, 1.807) is 6.92 Å². The minimum Gasteiger partial charge on any atom is -0.448 e. The lowest BCUT2D eigenvalue weighted by Crippen LogP contribution is -2.10. The van der Waals surface area contributed by atoms with Crippen LogP contribution in [-0.4, -0.2) is 26.9 Å². The number of esters is 1. The molecule has 2 heterocycles. The first-order valence-electron chi connectivity index (χ1n) is 7.75. The molecule has 0 fully saturated rings. The third-order valence-corrected chi connectivity index (χ3v) is 3.65. The highest BCUT2D eigenvalue weighted by molar-refractivity contribution is 5.97. The number of hydrogen-bond donors (Lipinski definition) is 1. The topological polar surface area (TPSA) is 98.1 Å². The highest BCUT2D eigenvalue weighted by Crippen LogP contribution is 2.23. The minimum atomic E-state index is -0.720. The van der Waals surface area contributed by atoms with Gasteiger partial charge in [0.15, 0.2) is 11.9 Å². The molecule has 128 valence electrons. The van der Waals surface area contributed by atoms with Gasteiger partial charge in [0, 0.05) is 17.3 Å². The van der Waals surface area contributed by atoms with Crippen molar-refractivity contribution in [1.82, 2.24) is 15.2 Å². The predicted octanol–water partition coefficient (Wildman–Crippen LogP) is 3.49. The maximum Gasteiger partial charge on any atom is 0.355 e. The molecule has 0 amide bonds. The number of carbonyl (C=O) groups is 2. The fraction of sp³-hybridized carbons (Fsp3) is 0.222. The van der Waals surface area contributed by atoms with E-state index in [2.05, 4.69) is 15.2 Å². The van der Waals surface area contributed by atoms with Gasteiger partial charge >= 0.3 is 5.97 Å². The first kappa shape index (κ1) is 16.6. The van der Waals surface area contributed by atoms with Crippen LogP contribution in [0.4, 0.5) is 0 Å². The highest BCUT2D eigenvalue weighted by atomic mass is 16.6. The number of rotatable bonds is 5. The van der Waals surface area contributed by atoms with Gasteiger partial charge in [0.2, 0.25) is 5.89 Å². The predicted molar refractivity (Wildman–Crippen MR) is 89.1 cm³/mol. The molecule has 0 bridgehead atoms. The van der Waals surface area contributed by atoms with Gasteiger partial charge in [-0.2, -0.15) is 0 Å². The summed E-state index contributed by atoms with van der Waals surface area (Å²) < 4.78 is 10.9. The van der Waals surface area contributed by atoms with E-state index in [0.717, 1.165) is 11.1 Å². The van der Waals surface area contributed by atoms with Crippen LogP contribution in [0.1, 0.15) is 52.3 Å². The van der Waals surface area contributed by atoms with Gasteiger partial charge in [-0.15, -0.1) is 10.2 Å². The summed E-state index contributed by atoms with van der Waals surface area (Å²) in [5.74, 6) is -0.179. The van der Waals surface area contributed by atoms with Crippen LogP contribution in [0.25, 0.3) is 11.5 Å². The number of aromatic nitrogens is 3. The Balaban J connectivity index is 1.72. The summed E-state index contributed by atoms with van der Waals surface area (Å²) in [5.41, 5.74) is 2.48. The van der Waals surface area contributed by atoms with E-state index in [9.17, 15) is 9.59 Å². The summed E-state index contributed by atoms with van der Waals surface area (Å²) in [6.45, 7) is 5.03. The molecule has 25 heavy (non-hydrogen) atoms. The molecular formula is C18H17N3O4. The molecule has 1 aromatic carbocycles. The smallest absolute Gasteiger partial charge is 0.355 e. The van der Waals surface area contributed by atoms with E-state index in [4.69, 9.17) is 9.15 Å². The number of aryl methyl sites for hydroxylation is 1. The van der Waals surface area contributed by atoms with Crippen LogP contribution in [0.15, 0.2) is 40.9 Å². The number of ketones is 1. The minimum absolute atomic E-state index is 0.136. The molecule has 2 aromatic heterocycles. The fourth-order valence-corrected chi connectivity index (χ4v) is 2.28. The van der Waals surface area contributed by atoms with Crippen molar-refractivity contribution >= 4 is 11.8 Å². The third-order valence-electron chi connectivity index (χ3n) is 3.65. The van der Waals surface area contributed by atoms with Crippen LogP contribution < -0.4 is 0 Å². The molecule has 3 aromatic rings. The summed E-state index contributed by atoms with van der Waals surface area (Å²) in [5, 5.41) is 7.94. The molecule has 7 heteroatoms. The second kappa shape index (κ2) is 6.72. The molecule has 3 rings (SSSR count). The van der Waals surface area contributed by atoms with E-state index in [1.165, 1.54) is 19.2 Å². The molecule has 0 aliphatic carbocycles. The maximum absolute atomic E-state index is 12.1. The summed E-state index contributed by atoms with van der Waals surface area (Å²) in [7, 11) is 0. The van der Waals surface area contributed by atoms with Crippen molar-refractivity contribution in [2.45, 2.75) is 26.9 Å². The quantitative estimate of drug-likeness (QED) is 0.564. The van der Waals surface area contributed by atoms with Gasteiger partial charge in [0.25, 0.3) is 5.89 Å². The van der Waals surface area contributed by atoms with E-state index in [1.807, 2.05) is 31.2 Å². The van der Waals surface area contributed by atoms with Gasteiger partial charge in [-0.1, -0.05) is 17.7 Å². The summed E-state index contributed by atoms with van der Waals surface area (Å²) >= 11 is 0. The van der Waals surface area contributed by atoms with Crippen molar-refractivity contribution in [2.75, 3.05) is 0 Å². The van der Waals surface area contributed by atoms with Crippen molar-refractivity contribution in [1.29, 1.82) is 0 Å². The Labute approximate surface area is 144 Å². The average Bonchev–Trinajstić information content (AvgIpc) is 3.24. The SMILES string of the molecule is CC(=O)c1c[nH]c(C(=O)O[C@H](C)c2nnc(-c3cccc(C)c3)o2)c1. The summed E-state index contributed by atoms with van der Waals surface area (Å²) in [6.07, 6.45) is 0.745. The molecule has 7 nitrogen and oxygen atoms in total. The van der Waals surface area contributed by atoms with Crippen molar-refractivity contribution in [3.05, 3.63) is 59.2 Å². The van der Waals surface area contributed by atoms with Crippen LogP contribution in [0.2, 0.25) is 0 Å². The summed E-state index contributed by atoms with van der Waals surface area (Å²) in [6, 6.07) is 9.11. The number of nitrogens with zero attached hydrogens (tertiary/aromatic N) is 2. The summed E-state index contributed by atoms with van der Waals surface area (Å²) in [4.78, 5) is 26.1. The van der Waals surface area contributed by atoms with Gasteiger partial charge in [-0.3, -0.25) is 4.79 Å². The van der Waals surface area contributed by atoms with Crippen molar-refractivity contribution < 1.29 is 18.7 Å². The number of Topliss-reactive ketones (excluding diaryl/α,β-unsaturated/α-hetero) is 1. The Hall–Kier alpha value is -3.22. The average molecular weight is 339 g/mol. The molecule has 0 spiro atoms. The van der Waals surface area contributed by atoms with E-state index < -0.39 is 12.1 Å². The molecule has 0 saturated heterocycles. The molecule has 0 unspecified atom stereocenters. The number of benzene rings is 1. The van der Waals surface area contributed by atoms with Crippen molar-refractivity contribution in [2.24, 2.45) is 0 Å². The molecular weight excluding hydrogens is 322 g/mol. The number of hydrogen-bond acceptors (Lipinski definition) is 6. The highest BCUT2D eigenvalue weighted by Gasteiger charge is 2.21. The fourth-order valence-electron chi connectivity index (χ4n) is 2.28. The van der Waals surface area contributed by atoms with Gasteiger partial charge in [0.1, 0.15) is 5.69 Å². The van der Waals surface area contributed by atoms with Crippen LogP contribution >= 0.6 is 0 Å². The Morgan fingerprint density at radius 2 is 2.04 bits per heavy atom. The van der Waals surface area contributed by atoms with Crippen molar-refractivity contribution in [3.63, 3.8) is 0 Å². The van der Waals surface area contributed by atoms with Crippen molar-refractivity contribution in [3.8, 4) is 11.5 Å². The second-order valence-corrected chi connectivity index (χ2v) is 5.72. The monoisotopic (exact) mass is 339 g/mol. The lowest BCUT2D eigenvalue weighted by Gasteiger charge is -2.08. The number of aromatic amines is 1. The zero-order chi connectivity index (χ0) is 18.0. The van der Waals surface area contributed by atoms with E-state index in [0.29, 0.717) is 11.5 Å². The maximum atomic E-state index is 12.1. The molecule has 0 aliphatic rings. The van der Waals surface area contributed by atoms with Gasteiger partial charge in [0.05, 0.1) is 0 Å². The first-order valence-corrected chi connectivity index (χ1v) is 7.75. The van der Waals surface area contributed by atoms with Crippen LogP contribution in [0.5, 0.6) is 0 Å². The normalized spacial score (nSPS) is 12.0. The Kier molecular flexibility index (Phi) is 4.47. The Bertz CT molecular complexity index is 926. The Morgan fingerprint density at radius 3 is 2.72 bits per heavy atom. The zero-order valence-corrected chi connectivity index (χ0v) is 14.1. The lowest BCUT2D eigenvalue weighted by atomic mass is 10.1. The largest absolute Gasteiger partial charge is 0.448 e. The lowest BCUT2D eigenvalue weighted by molar-refractivity contribution is 0.0273. The van der Waals surface area contributed by atoms with Gasteiger partial charge < -0.3 is 14.1 Å². The van der Waals surface area contributed by atoms with Gasteiger partial charge in [-0.25, -0.2) is 4.79 Å². The molecule has 0 saturated carbocycles.